The Balaban J connectivity index is 2.26. The first-order valence-corrected chi connectivity index (χ1v) is 5.99. The van der Waals surface area contributed by atoms with E-state index >= 15 is 0 Å². The van der Waals surface area contributed by atoms with Crippen molar-refractivity contribution in [2.45, 2.75) is 19.8 Å². The number of para-hydroxylation sites is 1. The van der Waals surface area contributed by atoms with E-state index in [0.717, 1.165) is 27.9 Å². The van der Waals surface area contributed by atoms with E-state index in [1.807, 2.05) is 24.4 Å². The number of oxazole rings is 1. The molecule has 3 aromatic rings. The number of H-pyrrole nitrogens is 1. The van der Waals surface area contributed by atoms with E-state index in [4.69, 9.17) is 10.2 Å². The third kappa shape index (κ3) is 1.57. The van der Waals surface area contributed by atoms with Gasteiger partial charge in [-0.2, -0.15) is 4.98 Å². The molecule has 0 saturated carbocycles. The van der Waals surface area contributed by atoms with Crippen molar-refractivity contribution in [3.05, 3.63) is 36.2 Å². The van der Waals surface area contributed by atoms with Gasteiger partial charge in [0.15, 0.2) is 5.76 Å². The van der Waals surface area contributed by atoms with Gasteiger partial charge in [-0.05, 0) is 12.0 Å². The van der Waals surface area contributed by atoms with Crippen molar-refractivity contribution < 1.29 is 4.42 Å². The molecule has 0 radical (unpaired) electrons. The van der Waals surface area contributed by atoms with Crippen LogP contribution in [0.25, 0.3) is 22.2 Å². The molecule has 2 aromatic heterocycles. The lowest BCUT2D eigenvalue weighted by atomic mass is 10.0. The van der Waals surface area contributed by atoms with Crippen LogP contribution < -0.4 is 5.73 Å². The van der Waals surface area contributed by atoms with E-state index in [9.17, 15) is 0 Å². The molecular weight excluding hydrogens is 226 g/mol. The van der Waals surface area contributed by atoms with Gasteiger partial charge in [-0.25, -0.2) is 0 Å². The Kier molecular flexibility index (Phi) is 2.37. The van der Waals surface area contributed by atoms with Crippen molar-refractivity contribution >= 4 is 16.9 Å². The SMILES string of the molecule is CC(C)c1nc(N)oc1-c1c[nH]c2ccccc12. The van der Waals surface area contributed by atoms with Gasteiger partial charge in [0, 0.05) is 22.7 Å². The standard InChI is InChI=1S/C14H15N3O/c1-8(2)12-13(18-14(15)17-12)10-7-16-11-6-4-3-5-9(10)11/h3-8,16H,1-2H3,(H2,15,17). The number of hydrogen-bond acceptors (Lipinski definition) is 3. The fourth-order valence-electron chi connectivity index (χ4n) is 2.19. The van der Waals surface area contributed by atoms with E-state index < -0.39 is 0 Å². The van der Waals surface area contributed by atoms with Gasteiger partial charge in [-0.3, -0.25) is 0 Å². The average molecular weight is 241 g/mol. The first kappa shape index (κ1) is 10.9. The Morgan fingerprint density at radius 3 is 2.83 bits per heavy atom. The van der Waals surface area contributed by atoms with Crippen LogP contribution in [0.4, 0.5) is 6.01 Å². The summed E-state index contributed by atoms with van der Waals surface area (Å²) in [6, 6.07) is 8.33. The van der Waals surface area contributed by atoms with E-state index in [2.05, 4.69) is 29.9 Å². The van der Waals surface area contributed by atoms with Crippen molar-refractivity contribution in [1.29, 1.82) is 0 Å². The van der Waals surface area contributed by atoms with Gasteiger partial charge in [-0.1, -0.05) is 32.0 Å². The number of anilines is 1. The molecule has 2 heterocycles. The molecule has 4 heteroatoms. The molecule has 92 valence electrons. The molecule has 0 bridgehead atoms. The number of nitrogens with zero attached hydrogens (tertiary/aromatic N) is 1. The van der Waals surface area contributed by atoms with E-state index in [-0.39, 0.29) is 11.9 Å². The van der Waals surface area contributed by atoms with E-state index in [1.54, 1.807) is 0 Å². The van der Waals surface area contributed by atoms with Crippen LogP contribution in [0.1, 0.15) is 25.5 Å². The van der Waals surface area contributed by atoms with Crippen LogP contribution in [-0.2, 0) is 0 Å². The van der Waals surface area contributed by atoms with E-state index in [0.29, 0.717) is 0 Å². The molecule has 0 aliphatic carbocycles. The molecule has 0 saturated heterocycles. The van der Waals surface area contributed by atoms with Gasteiger partial charge >= 0.3 is 0 Å². The fourth-order valence-corrected chi connectivity index (χ4v) is 2.19. The van der Waals surface area contributed by atoms with Gasteiger partial charge in [-0.15, -0.1) is 0 Å². The zero-order chi connectivity index (χ0) is 12.7. The number of aromatic amines is 1. The highest BCUT2D eigenvalue weighted by atomic mass is 16.4. The minimum atomic E-state index is 0.221. The normalized spacial score (nSPS) is 11.5. The number of aromatic nitrogens is 2. The van der Waals surface area contributed by atoms with Gasteiger partial charge < -0.3 is 15.1 Å². The highest BCUT2D eigenvalue weighted by molar-refractivity contribution is 5.94. The number of nitrogens with one attached hydrogen (secondary N) is 1. The molecule has 4 nitrogen and oxygen atoms in total. The minimum absolute atomic E-state index is 0.221. The quantitative estimate of drug-likeness (QED) is 0.721. The predicted molar refractivity (Wildman–Crippen MR) is 72.3 cm³/mol. The lowest BCUT2D eigenvalue weighted by Gasteiger charge is -2.02. The summed E-state index contributed by atoms with van der Waals surface area (Å²) in [5, 5.41) is 1.12. The van der Waals surface area contributed by atoms with Gasteiger partial charge in [0.05, 0.1) is 5.69 Å². The molecule has 0 atom stereocenters. The second-order valence-corrected chi connectivity index (χ2v) is 4.67. The van der Waals surface area contributed by atoms with Gasteiger partial charge in [0.1, 0.15) is 0 Å². The maximum absolute atomic E-state index is 5.68. The van der Waals surface area contributed by atoms with Crippen molar-refractivity contribution in [2.75, 3.05) is 5.73 Å². The molecule has 0 amide bonds. The molecule has 0 fully saturated rings. The van der Waals surface area contributed by atoms with Crippen LogP contribution in [0.15, 0.2) is 34.9 Å². The third-order valence-electron chi connectivity index (χ3n) is 3.05. The largest absolute Gasteiger partial charge is 0.423 e. The molecule has 1 aromatic carbocycles. The van der Waals surface area contributed by atoms with Gasteiger partial charge in [0.2, 0.25) is 0 Å². The highest BCUT2D eigenvalue weighted by Gasteiger charge is 2.19. The number of benzene rings is 1. The number of hydrogen-bond donors (Lipinski definition) is 2. The van der Waals surface area contributed by atoms with Crippen molar-refractivity contribution in [2.24, 2.45) is 0 Å². The van der Waals surface area contributed by atoms with Gasteiger partial charge in [0.25, 0.3) is 6.01 Å². The van der Waals surface area contributed by atoms with Crippen LogP contribution in [0.5, 0.6) is 0 Å². The molecule has 0 aliphatic heterocycles. The zero-order valence-corrected chi connectivity index (χ0v) is 10.4. The Bertz CT molecular complexity index is 694. The van der Waals surface area contributed by atoms with Crippen LogP contribution in [0, 0.1) is 0 Å². The summed E-state index contributed by atoms with van der Waals surface area (Å²) in [6.07, 6.45) is 1.94. The summed E-state index contributed by atoms with van der Waals surface area (Å²) < 4.78 is 5.58. The Morgan fingerprint density at radius 1 is 1.28 bits per heavy atom. The summed E-state index contributed by atoms with van der Waals surface area (Å²) in [6.45, 7) is 4.16. The molecule has 18 heavy (non-hydrogen) atoms. The smallest absolute Gasteiger partial charge is 0.292 e. The summed E-state index contributed by atoms with van der Waals surface area (Å²) in [4.78, 5) is 7.50. The molecule has 3 rings (SSSR count). The van der Waals surface area contributed by atoms with Crippen molar-refractivity contribution in [3.63, 3.8) is 0 Å². The summed E-state index contributed by atoms with van der Waals surface area (Å²) >= 11 is 0. The maximum atomic E-state index is 5.68. The topological polar surface area (TPSA) is 67.8 Å². The highest BCUT2D eigenvalue weighted by Crippen LogP contribution is 2.35. The first-order valence-electron chi connectivity index (χ1n) is 5.99. The van der Waals surface area contributed by atoms with E-state index in [1.165, 1.54) is 0 Å². The first-order chi connectivity index (χ1) is 8.66. The summed E-state index contributed by atoms with van der Waals surface area (Å²) in [7, 11) is 0. The summed E-state index contributed by atoms with van der Waals surface area (Å²) in [5.74, 6) is 1.04. The molecule has 0 spiro atoms. The molecule has 0 unspecified atom stereocenters. The summed E-state index contributed by atoms with van der Waals surface area (Å²) in [5.41, 5.74) is 8.67. The Labute approximate surface area is 105 Å². The predicted octanol–water partition coefficient (Wildman–Crippen LogP) is 3.53. The Hall–Kier alpha value is -2.23. The number of nitrogen functional groups attached to an aromatic ring is 1. The molecule has 0 aliphatic rings. The van der Waals surface area contributed by atoms with Crippen molar-refractivity contribution in [1.82, 2.24) is 9.97 Å². The average Bonchev–Trinajstić information content (AvgIpc) is 2.92. The third-order valence-corrected chi connectivity index (χ3v) is 3.05. The number of rotatable bonds is 2. The maximum Gasteiger partial charge on any atom is 0.292 e. The zero-order valence-electron chi connectivity index (χ0n) is 10.4. The van der Waals surface area contributed by atoms with Crippen molar-refractivity contribution in [3.8, 4) is 11.3 Å². The number of fused-ring (bicyclic) bond motifs is 1. The fraction of sp³-hybridized carbons (Fsp3) is 0.214. The lowest BCUT2D eigenvalue weighted by Crippen LogP contribution is -1.91. The van der Waals surface area contributed by atoms with Crippen LogP contribution in [0.2, 0.25) is 0 Å². The molecular formula is C14H15N3O. The second-order valence-electron chi connectivity index (χ2n) is 4.67. The Morgan fingerprint density at radius 2 is 2.06 bits per heavy atom. The van der Waals surface area contributed by atoms with Crippen LogP contribution in [0.3, 0.4) is 0 Å². The number of nitrogens with two attached hydrogens (primary N) is 1. The minimum Gasteiger partial charge on any atom is -0.423 e. The molecule has 3 N–H and O–H groups in total. The second kappa shape index (κ2) is 3.91. The van der Waals surface area contributed by atoms with Crippen LogP contribution in [-0.4, -0.2) is 9.97 Å². The monoisotopic (exact) mass is 241 g/mol. The van der Waals surface area contributed by atoms with Crippen LogP contribution >= 0.6 is 0 Å². The lowest BCUT2D eigenvalue weighted by molar-refractivity contribution is 0.592.